The SMILES string of the molecule is C=CCNCC=C.CNC. The Morgan fingerprint density at radius 1 is 1.10 bits per heavy atom. The molecule has 0 atom stereocenters. The maximum Gasteiger partial charge on any atom is 0.0135 e. The summed E-state index contributed by atoms with van der Waals surface area (Å²) in [5.41, 5.74) is 0. The molecule has 0 saturated heterocycles. The highest BCUT2D eigenvalue weighted by atomic mass is 14.8. The van der Waals surface area contributed by atoms with Crippen LogP contribution < -0.4 is 10.6 Å². The molecule has 0 unspecified atom stereocenters. The zero-order valence-corrected chi connectivity index (χ0v) is 6.98. The highest BCUT2D eigenvalue weighted by Crippen LogP contribution is 1.59. The fourth-order valence-corrected chi connectivity index (χ4v) is 0.287. The van der Waals surface area contributed by atoms with Crippen LogP contribution in [0.5, 0.6) is 0 Å². The summed E-state index contributed by atoms with van der Waals surface area (Å²) in [6.07, 6.45) is 3.65. The van der Waals surface area contributed by atoms with Crippen molar-refractivity contribution in [1.82, 2.24) is 10.6 Å². The Morgan fingerprint density at radius 3 is 1.60 bits per heavy atom. The topological polar surface area (TPSA) is 24.1 Å². The molecule has 0 amide bonds. The van der Waals surface area contributed by atoms with Gasteiger partial charge in [0, 0.05) is 13.1 Å². The molecule has 0 saturated carbocycles. The van der Waals surface area contributed by atoms with Gasteiger partial charge in [-0.3, -0.25) is 0 Å². The van der Waals surface area contributed by atoms with Gasteiger partial charge in [0.1, 0.15) is 0 Å². The third-order valence-corrected chi connectivity index (χ3v) is 0.577. The van der Waals surface area contributed by atoms with Crippen LogP contribution in [0.1, 0.15) is 0 Å². The van der Waals surface area contributed by atoms with Crippen molar-refractivity contribution in [2.45, 2.75) is 0 Å². The van der Waals surface area contributed by atoms with E-state index in [1.54, 1.807) is 0 Å². The van der Waals surface area contributed by atoms with E-state index < -0.39 is 0 Å². The minimum Gasteiger partial charge on any atom is -0.323 e. The van der Waals surface area contributed by atoms with Crippen LogP contribution in [0.15, 0.2) is 25.3 Å². The van der Waals surface area contributed by atoms with Crippen LogP contribution in [0.4, 0.5) is 0 Å². The van der Waals surface area contributed by atoms with Gasteiger partial charge < -0.3 is 10.6 Å². The minimum atomic E-state index is 0.867. The third-order valence-electron chi connectivity index (χ3n) is 0.577. The first kappa shape index (κ1) is 12.1. The molecule has 0 spiro atoms. The summed E-state index contributed by atoms with van der Waals surface area (Å²) in [6, 6.07) is 0. The molecule has 0 heterocycles. The first-order chi connectivity index (χ1) is 4.83. The predicted octanol–water partition coefficient (Wildman–Crippen LogP) is 0.784. The zero-order chi connectivity index (χ0) is 8.24. The molecule has 0 aliphatic rings. The van der Waals surface area contributed by atoms with E-state index in [0.717, 1.165) is 13.1 Å². The average molecular weight is 142 g/mol. The van der Waals surface area contributed by atoms with Crippen molar-refractivity contribution < 1.29 is 0 Å². The summed E-state index contributed by atoms with van der Waals surface area (Å²) < 4.78 is 0. The second-order valence-electron chi connectivity index (χ2n) is 1.74. The molecule has 10 heavy (non-hydrogen) atoms. The Balaban J connectivity index is 0. The van der Waals surface area contributed by atoms with Crippen molar-refractivity contribution in [3.8, 4) is 0 Å². The molecular weight excluding hydrogens is 124 g/mol. The van der Waals surface area contributed by atoms with Crippen LogP contribution in [-0.2, 0) is 0 Å². The highest BCUT2D eigenvalue weighted by Gasteiger charge is 1.69. The summed E-state index contributed by atoms with van der Waals surface area (Å²) in [5.74, 6) is 0. The van der Waals surface area contributed by atoms with Crippen LogP contribution in [0.25, 0.3) is 0 Å². The van der Waals surface area contributed by atoms with Gasteiger partial charge in [0.25, 0.3) is 0 Å². The number of hydrogen-bond acceptors (Lipinski definition) is 2. The molecule has 0 aromatic rings. The molecule has 0 aliphatic heterocycles. The van der Waals surface area contributed by atoms with Crippen molar-refractivity contribution in [3.05, 3.63) is 25.3 Å². The van der Waals surface area contributed by atoms with E-state index in [2.05, 4.69) is 23.8 Å². The Kier molecular flexibility index (Phi) is 19.1. The summed E-state index contributed by atoms with van der Waals surface area (Å²) in [7, 11) is 3.75. The second kappa shape index (κ2) is 15.8. The molecule has 2 N–H and O–H groups in total. The fourth-order valence-electron chi connectivity index (χ4n) is 0.287. The molecular formula is C8H18N2. The van der Waals surface area contributed by atoms with Crippen LogP contribution in [-0.4, -0.2) is 27.2 Å². The molecule has 60 valence electrons. The van der Waals surface area contributed by atoms with Crippen molar-refractivity contribution in [1.29, 1.82) is 0 Å². The zero-order valence-electron chi connectivity index (χ0n) is 6.98. The molecule has 0 aromatic heterocycles. The first-order valence-electron chi connectivity index (χ1n) is 3.34. The second-order valence-corrected chi connectivity index (χ2v) is 1.74. The van der Waals surface area contributed by atoms with Crippen molar-refractivity contribution in [2.75, 3.05) is 27.2 Å². The maximum absolute atomic E-state index is 3.54. The molecule has 0 bridgehead atoms. The molecule has 0 aromatic carbocycles. The molecule has 2 nitrogen and oxygen atoms in total. The minimum absolute atomic E-state index is 0.867. The molecule has 0 fully saturated rings. The lowest BCUT2D eigenvalue weighted by molar-refractivity contribution is 0.845. The van der Waals surface area contributed by atoms with Crippen LogP contribution in [0, 0.1) is 0 Å². The maximum atomic E-state index is 3.54. The van der Waals surface area contributed by atoms with Gasteiger partial charge in [-0.1, -0.05) is 12.2 Å². The lowest BCUT2D eigenvalue weighted by atomic mass is 10.5. The van der Waals surface area contributed by atoms with Crippen molar-refractivity contribution >= 4 is 0 Å². The summed E-state index contributed by atoms with van der Waals surface area (Å²) in [4.78, 5) is 0. The van der Waals surface area contributed by atoms with E-state index in [-0.39, 0.29) is 0 Å². The van der Waals surface area contributed by atoms with Crippen LogP contribution in [0.2, 0.25) is 0 Å². The quantitative estimate of drug-likeness (QED) is 0.448. The van der Waals surface area contributed by atoms with E-state index in [1.807, 2.05) is 26.2 Å². The number of nitrogens with one attached hydrogen (secondary N) is 2. The van der Waals surface area contributed by atoms with E-state index >= 15 is 0 Å². The van der Waals surface area contributed by atoms with Crippen LogP contribution in [0.3, 0.4) is 0 Å². The first-order valence-corrected chi connectivity index (χ1v) is 3.34. The van der Waals surface area contributed by atoms with Gasteiger partial charge in [0.05, 0.1) is 0 Å². The van der Waals surface area contributed by atoms with Gasteiger partial charge in [-0.25, -0.2) is 0 Å². The van der Waals surface area contributed by atoms with Gasteiger partial charge in [-0.05, 0) is 14.1 Å². The van der Waals surface area contributed by atoms with E-state index in [0.29, 0.717) is 0 Å². The largest absolute Gasteiger partial charge is 0.323 e. The van der Waals surface area contributed by atoms with Gasteiger partial charge in [0.2, 0.25) is 0 Å². The Bertz CT molecular complexity index is 61.7. The Labute approximate surface area is 64.0 Å². The van der Waals surface area contributed by atoms with Gasteiger partial charge in [-0.15, -0.1) is 13.2 Å². The molecule has 0 radical (unpaired) electrons. The van der Waals surface area contributed by atoms with E-state index in [4.69, 9.17) is 0 Å². The smallest absolute Gasteiger partial charge is 0.0135 e. The number of rotatable bonds is 4. The summed E-state index contributed by atoms with van der Waals surface area (Å²) in [6.45, 7) is 8.81. The summed E-state index contributed by atoms with van der Waals surface area (Å²) in [5, 5.41) is 5.80. The van der Waals surface area contributed by atoms with Gasteiger partial charge in [-0.2, -0.15) is 0 Å². The van der Waals surface area contributed by atoms with E-state index in [9.17, 15) is 0 Å². The van der Waals surface area contributed by atoms with Crippen molar-refractivity contribution in [3.63, 3.8) is 0 Å². The lowest BCUT2D eigenvalue weighted by Gasteiger charge is -1.90. The number of hydrogen-bond donors (Lipinski definition) is 2. The van der Waals surface area contributed by atoms with Gasteiger partial charge in [0.15, 0.2) is 0 Å². The van der Waals surface area contributed by atoms with Crippen molar-refractivity contribution in [2.24, 2.45) is 0 Å². The van der Waals surface area contributed by atoms with E-state index in [1.165, 1.54) is 0 Å². The van der Waals surface area contributed by atoms with Gasteiger partial charge >= 0.3 is 0 Å². The van der Waals surface area contributed by atoms with Crippen LogP contribution >= 0.6 is 0 Å². The highest BCUT2D eigenvalue weighted by molar-refractivity contribution is 4.75. The fraction of sp³-hybridized carbons (Fsp3) is 0.500. The normalized spacial score (nSPS) is 7.40. The predicted molar refractivity (Wildman–Crippen MR) is 48.2 cm³/mol. The molecule has 2 heteroatoms. The third kappa shape index (κ3) is 26.2. The Morgan fingerprint density at radius 2 is 1.40 bits per heavy atom. The lowest BCUT2D eigenvalue weighted by Crippen LogP contribution is -2.11. The Hall–Kier alpha value is -0.600. The molecule has 0 rings (SSSR count). The molecule has 0 aliphatic carbocycles. The monoisotopic (exact) mass is 142 g/mol. The summed E-state index contributed by atoms with van der Waals surface area (Å²) >= 11 is 0. The average Bonchev–Trinajstić information content (AvgIpc) is 1.91. The standard InChI is InChI=1S/C6H11N.C2H7N/c1-3-5-7-6-4-2;1-3-2/h3-4,7H,1-2,5-6H2;3H,1-2H3.